The normalized spacial score (nSPS) is 10.3. The molecule has 34 heavy (non-hydrogen) atoms. The average Bonchev–Trinajstić information content (AvgIpc) is 2.72. The van der Waals surface area contributed by atoms with Crippen molar-refractivity contribution in [3.05, 3.63) is 0 Å². The van der Waals surface area contributed by atoms with E-state index in [1.807, 2.05) is 0 Å². The highest BCUT2D eigenvalue weighted by molar-refractivity contribution is 5.80. The Morgan fingerprint density at radius 1 is 0.853 bits per heavy atom. The molecule has 0 heterocycles. The maximum Gasteiger partial charge on any atom is 0.234 e. The standard InChI is InChI=1S/C5H10O2.C4H10N2O.C4H9NO2.C4H9NO.C4H8O2.CH4/c1-4(6)5(2)7-3;1-3(6-2)4(5)7;1-7-3-2-4(5)6;1-4(6)3-5-2;1-4(5)3-6-2;/h5H,1-3H3;3,6H,1-2H3,(H2,5,7);2-3H2,1H3,(H2,5,6);5H,3H2,1-2H3;3H2,1-2H3;1H4. The summed E-state index contributed by atoms with van der Waals surface area (Å²) in [6.07, 6.45) is 0.0799. The molecule has 0 aromatic heterocycles. The smallest absolute Gasteiger partial charge is 0.234 e. The third-order valence-electron chi connectivity index (χ3n) is 3.11. The van der Waals surface area contributed by atoms with Gasteiger partial charge in [0.05, 0.1) is 19.2 Å². The van der Waals surface area contributed by atoms with Crippen molar-refractivity contribution in [2.45, 2.75) is 60.6 Å². The molecule has 0 bridgehead atoms. The molecule has 0 radical (unpaired) electrons. The molecule has 12 nitrogen and oxygen atoms in total. The molecule has 2 amide bonds. The molecule has 0 fully saturated rings. The number of primary amides is 2. The zero-order valence-corrected chi connectivity index (χ0v) is 21.9. The van der Waals surface area contributed by atoms with E-state index in [9.17, 15) is 24.0 Å². The van der Waals surface area contributed by atoms with Crippen molar-refractivity contribution in [2.24, 2.45) is 11.5 Å². The Balaban J connectivity index is -0.0000000717. The number of Topliss-reactive ketones (excluding diaryl/α,β-unsaturated/α-hetero) is 3. The average molecular weight is 499 g/mol. The van der Waals surface area contributed by atoms with Gasteiger partial charge in [0.2, 0.25) is 11.8 Å². The number of ketones is 3. The van der Waals surface area contributed by atoms with Gasteiger partial charge in [-0.2, -0.15) is 0 Å². The maximum absolute atomic E-state index is 10.2. The van der Waals surface area contributed by atoms with Crippen molar-refractivity contribution in [3.63, 3.8) is 0 Å². The van der Waals surface area contributed by atoms with Crippen LogP contribution in [0.15, 0.2) is 0 Å². The summed E-state index contributed by atoms with van der Waals surface area (Å²) >= 11 is 0. The second-order valence-corrected chi connectivity index (χ2v) is 6.48. The first-order valence-electron chi connectivity index (χ1n) is 10.1. The van der Waals surface area contributed by atoms with Gasteiger partial charge in [-0.3, -0.25) is 24.0 Å². The van der Waals surface area contributed by atoms with Crippen LogP contribution in [0.25, 0.3) is 0 Å². The van der Waals surface area contributed by atoms with Gasteiger partial charge in [-0.25, -0.2) is 0 Å². The molecule has 206 valence electrons. The van der Waals surface area contributed by atoms with E-state index >= 15 is 0 Å². The summed E-state index contributed by atoms with van der Waals surface area (Å²) in [6.45, 7) is 9.13. The molecule has 0 aromatic rings. The van der Waals surface area contributed by atoms with Crippen molar-refractivity contribution in [2.75, 3.05) is 55.2 Å². The van der Waals surface area contributed by atoms with E-state index < -0.39 is 0 Å². The molecule has 0 spiro atoms. The Kier molecular flexibility index (Phi) is 47.1. The van der Waals surface area contributed by atoms with E-state index in [0.717, 1.165) is 0 Å². The first-order valence-corrected chi connectivity index (χ1v) is 10.1. The molecule has 0 aliphatic carbocycles. The van der Waals surface area contributed by atoms with Crippen LogP contribution in [0.2, 0.25) is 0 Å². The Labute approximate surface area is 205 Å². The Hall–Kier alpha value is -2.25. The van der Waals surface area contributed by atoms with Gasteiger partial charge in [-0.05, 0) is 48.7 Å². The fraction of sp³-hybridized carbons (Fsp3) is 0.773. The summed E-state index contributed by atoms with van der Waals surface area (Å²) in [5, 5.41) is 5.41. The predicted molar refractivity (Wildman–Crippen MR) is 134 cm³/mol. The van der Waals surface area contributed by atoms with Crippen LogP contribution < -0.4 is 22.1 Å². The zero-order valence-electron chi connectivity index (χ0n) is 21.9. The van der Waals surface area contributed by atoms with Crippen LogP contribution in [-0.4, -0.2) is 96.5 Å². The second kappa shape index (κ2) is 35.3. The first-order chi connectivity index (χ1) is 15.2. The molecule has 2 atom stereocenters. The van der Waals surface area contributed by atoms with Crippen LogP contribution in [0.5, 0.6) is 0 Å². The molecule has 0 saturated heterocycles. The van der Waals surface area contributed by atoms with Crippen molar-refractivity contribution >= 4 is 29.2 Å². The van der Waals surface area contributed by atoms with Crippen LogP contribution in [0, 0.1) is 0 Å². The maximum atomic E-state index is 10.2. The molecule has 0 aliphatic heterocycles. The van der Waals surface area contributed by atoms with E-state index in [2.05, 4.69) is 24.8 Å². The number of amides is 2. The van der Waals surface area contributed by atoms with Gasteiger partial charge in [-0.15, -0.1) is 0 Å². The molecular weight excluding hydrogens is 448 g/mol. The quantitative estimate of drug-likeness (QED) is 0.298. The Bertz CT molecular complexity index is 481. The fourth-order valence-corrected chi connectivity index (χ4v) is 0.963. The van der Waals surface area contributed by atoms with E-state index in [1.165, 1.54) is 35.2 Å². The molecule has 2 unspecified atom stereocenters. The molecule has 0 aromatic carbocycles. The number of hydrogen-bond acceptors (Lipinski definition) is 10. The van der Waals surface area contributed by atoms with Crippen LogP contribution in [0.4, 0.5) is 0 Å². The van der Waals surface area contributed by atoms with Gasteiger partial charge in [0.15, 0.2) is 11.6 Å². The number of carbonyl (C=O) groups excluding carboxylic acids is 5. The number of methoxy groups -OCH3 is 3. The topological polar surface area (TPSA) is 189 Å². The number of rotatable bonds is 11. The van der Waals surface area contributed by atoms with Crippen LogP contribution in [-0.2, 0) is 38.2 Å². The largest absolute Gasteiger partial charge is 0.384 e. The highest BCUT2D eigenvalue weighted by Crippen LogP contribution is 1.86. The van der Waals surface area contributed by atoms with Crippen LogP contribution in [0.3, 0.4) is 0 Å². The van der Waals surface area contributed by atoms with Crippen LogP contribution >= 0.6 is 0 Å². The molecule has 12 heteroatoms. The van der Waals surface area contributed by atoms with E-state index in [4.69, 9.17) is 11.5 Å². The summed E-state index contributed by atoms with van der Waals surface area (Å²) in [4.78, 5) is 50.1. The first kappa shape index (κ1) is 45.3. The summed E-state index contributed by atoms with van der Waals surface area (Å²) in [6, 6.07) is -0.208. The fourth-order valence-electron chi connectivity index (χ4n) is 0.963. The van der Waals surface area contributed by atoms with Crippen LogP contribution in [0.1, 0.15) is 48.5 Å². The van der Waals surface area contributed by atoms with Crippen molar-refractivity contribution in [1.29, 1.82) is 0 Å². The minimum Gasteiger partial charge on any atom is -0.384 e. The lowest BCUT2D eigenvalue weighted by Crippen LogP contribution is -2.36. The predicted octanol–water partition coefficient (Wildman–Crippen LogP) is -0.149. The third-order valence-corrected chi connectivity index (χ3v) is 3.11. The second-order valence-electron chi connectivity index (χ2n) is 6.48. The lowest BCUT2D eigenvalue weighted by molar-refractivity contribution is -0.125. The van der Waals surface area contributed by atoms with E-state index in [0.29, 0.717) is 19.6 Å². The summed E-state index contributed by atoms with van der Waals surface area (Å²) in [5.41, 5.74) is 9.60. The minimum atomic E-state index is -0.318. The highest BCUT2D eigenvalue weighted by Gasteiger charge is 2.02. The van der Waals surface area contributed by atoms with Gasteiger partial charge in [-0.1, -0.05) is 7.43 Å². The molecule has 6 N–H and O–H groups in total. The number of nitrogens with two attached hydrogens (primary N) is 2. The number of nitrogens with one attached hydrogen (secondary N) is 2. The summed E-state index contributed by atoms with van der Waals surface area (Å²) in [5.74, 6) is -0.318. The number of carbonyl (C=O) groups is 5. The molecule has 0 rings (SSSR count). The summed E-state index contributed by atoms with van der Waals surface area (Å²) < 4.78 is 13.7. The Morgan fingerprint density at radius 2 is 1.32 bits per heavy atom. The van der Waals surface area contributed by atoms with Crippen molar-refractivity contribution in [3.8, 4) is 0 Å². The van der Waals surface area contributed by atoms with E-state index in [1.54, 1.807) is 34.9 Å². The van der Waals surface area contributed by atoms with Gasteiger partial charge >= 0.3 is 0 Å². The monoisotopic (exact) mass is 498 g/mol. The van der Waals surface area contributed by atoms with Gasteiger partial charge in [0.1, 0.15) is 18.5 Å². The minimum absolute atomic E-state index is 0. The van der Waals surface area contributed by atoms with Gasteiger partial charge < -0.3 is 36.3 Å². The molecule has 0 aliphatic rings. The number of likely N-dealkylation sites (N-methyl/N-ethyl adjacent to an activating group) is 2. The lowest BCUT2D eigenvalue weighted by Gasteiger charge is -2.01. The molecule has 0 saturated carbocycles. The van der Waals surface area contributed by atoms with Crippen molar-refractivity contribution in [1.82, 2.24) is 10.6 Å². The third kappa shape index (κ3) is 63.0. The highest BCUT2D eigenvalue weighted by atomic mass is 16.5. The van der Waals surface area contributed by atoms with Gasteiger partial charge in [0, 0.05) is 27.8 Å². The van der Waals surface area contributed by atoms with Gasteiger partial charge in [0.25, 0.3) is 0 Å². The SMILES string of the molecule is C.CNC(C)C(N)=O.CNCC(C)=O.COC(C)C(C)=O.COCC(C)=O.COCCC(N)=O. The number of ether oxygens (including phenoxy) is 3. The number of hydrogen-bond donors (Lipinski definition) is 4. The van der Waals surface area contributed by atoms with E-state index in [-0.39, 0.29) is 55.3 Å². The van der Waals surface area contributed by atoms with Crippen molar-refractivity contribution < 1.29 is 38.2 Å². The molecular formula is C22H50N4O8. The summed E-state index contributed by atoms with van der Waals surface area (Å²) in [7, 11) is 7.99. The zero-order chi connectivity index (χ0) is 27.4. The lowest BCUT2D eigenvalue weighted by atomic mass is 10.3. The Morgan fingerprint density at radius 3 is 1.35 bits per heavy atom.